The molecule has 4 nitrogen and oxygen atoms in total. The molecule has 0 aliphatic rings. The molecule has 0 spiro atoms. The number of fused-ring (bicyclic) bond motifs is 1. The Hall–Kier alpha value is -2.14. The van der Waals surface area contributed by atoms with Crippen LogP contribution in [0.3, 0.4) is 0 Å². The van der Waals surface area contributed by atoms with E-state index in [4.69, 9.17) is 4.42 Å². The van der Waals surface area contributed by atoms with Crippen LogP contribution in [-0.4, -0.2) is 10.9 Å². The van der Waals surface area contributed by atoms with Gasteiger partial charge in [-0.1, -0.05) is 24.3 Å². The van der Waals surface area contributed by atoms with Crippen molar-refractivity contribution in [2.45, 2.75) is 33.2 Å². The number of anilines is 1. The van der Waals surface area contributed by atoms with Crippen molar-refractivity contribution >= 4 is 32.6 Å². The summed E-state index contributed by atoms with van der Waals surface area (Å²) < 4.78 is 6.49. The number of carbonyl (C=O) groups is 1. The molecule has 5 heteroatoms. The molecule has 114 valence electrons. The number of amides is 1. The van der Waals surface area contributed by atoms with Crippen LogP contribution in [0.15, 0.2) is 41.0 Å². The summed E-state index contributed by atoms with van der Waals surface area (Å²) in [6, 6.07) is 9.85. The molecule has 0 saturated carbocycles. The molecular formula is C17H18N2O2S. The Morgan fingerprint density at radius 1 is 1.36 bits per heavy atom. The number of aryl methyl sites for hydroxylation is 1. The molecule has 1 amide bonds. The average molecular weight is 314 g/mol. The van der Waals surface area contributed by atoms with Crippen LogP contribution in [0.2, 0.25) is 0 Å². The summed E-state index contributed by atoms with van der Waals surface area (Å²) in [7, 11) is 0. The number of hydrogen-bond acceptors (Lipinski definition) is 4. The molecule has 0 unspecified atom stereocenters. The molecule has 0 saturated heterocycles. The minimum atomic E-state index is 0.0784. The van der Waals surface area contributed by atoms with E-state index in [9.17, 15) is 4.79 Å². The monoisotopic (exact) mass is 314 g/mol. The first-order chi connectivity index (χ1) is 10.7. The van der Waals surface area contributed by atoms with Gasteiger partial charge in [0.1, 0.15) is 5.76 Å². The Bertz CT molecular complexity index is 777. The normalized spacial score (nSPS) is 11.0. The molecule has 0 N–H and O–H groups in total. The number of hydrogen-bond donors (Lipinski definition) is 0. The van der Waals surface area contributed by atoms with Crippen LogP contribution in [0.25, 0.3) is 10.2 Å². The van der Waals surface area contributed by atoms with E-state index < -0.39 is 0 Å². The molecule has 22 heavy (non-hydrogen) atoms. The van der Waals surface area contributed by atoms with E-state index in [2.05, 4.69) is 18.0 Å². The molecule has 2 aromatic heterocycles. The Morgan fingerprint density at radius 2 is 2.23 bits per heavy atom. The van der Waals surface area contributed by atoms with E-state index >= 15 is 0 Å². The van der Waals surface area contributed by atoms with E-state index in [-0.39, 0.29) is 5.91 Å². The van der Waals surface area contributed by atoms with Crippen molar-refractivity contribution < 1.29 is 9.21 Å². The Morgan fingerprint density at radius 3 is 2.95 bits per heavy atom. The first-order valence-electron chi connectivity index (χ1n) is 7.37. The van der Waals surface area contributed by atoms with Gasteiger partial charge in [-0.25, -0.2) is 4.98 Å². The minimum absolute atomic E-state index is 0.0784. The van der Waals surface area contributed by atoms with Gasteiger partial charge >= 0.3 is 0 Å². The molecule has 0 atom stereocenters. The molecule has 3 rings (SSSR count). The first kappa shape index (κ1) is 14.8. The van der Waals surface area contributed by atoms with E-state index in [1.54, 1.807) is 22.5 Å². The summed E-state index contributed by atoms with van der Waals surface area (Å²) in [5.74, 6) is 0.842. The van der Waals surface area contributed by atoms with Gasteiger partial charge in [-0.05, 0) is 43.2 Å². The molecule has 0 bridgehead atoms. The van der Waals surface area contributed by atoms with Crippen LogP contribution in [0.4, 0.5) is 5.13 Å². The summed E-state index contributed by atoms with van der Waals surface area (Å²) in [5, 5.41) is 0.732. The fourth-order valence-corrected chi connectivity index (χ4v) is 3.39. The molecule has 0 aliphatic heterocycles. The Labute approximate surface area is 133 Å². The zero-order valence-corrected chi connectivity index (χ0v) is 13.5. The summed E-state index contributed by atoms with van der Waals surface area (Å²) in [6.45, 7) is 4.48. The molecule has 3 aromatic rings. The number of benzene rings is 1. The lowest BCUT2D eigenvalue weighted by Gasteiger charge is -2.18. The zero-order chi connectivity index (χ0) is 15.5. The fourth-order valence-electron chi connectivity index (χ4n) is 2.30. The largest absolute Gasteiger partial charge is 0.467 e. The van der Waals surface area contributed by atoms with Crippen molar-refractivity contribution in [2.75, 3.05) is 4.90 Å². The predicted octanol–water partition coefficient (Wildman–Crippen LogP) is 4.53. The molecule has 1 aromatic carbocycles. The topological polar surface area (TPSA) is 46.3 Å². The second-order valence-electron chi connectivity index (χ2n) is 5.28. The highest BCUT2D eigenvalue weighted by Crippen LogP contribution is 2.31. The molecule has 0 fully saturated rings. The van der Waals surface area contributed by atoms with Crippen molar-refractivity contribution in [3.8, 4) is 0 Å². The number of aromatic nitrogens is 1. The number of thiazole rings is 1. The number of carbonyl (C=O) groups excluding carboxylic acids is 1. The van der Waals surface area contributed by atoms with E-state index in [1.165, 1.54) is 5.56 Å². The van der Waals surface area contributed by atoms with E-state index in [1.807, 2.05) is 31.2 Å². The summed E-state index contributed by atoms with van der Waals surface area (Å²) in [4.78, 5) is 18.8. The van der Waals surface area contributed by atoms with Crippen LogP contribution in [0.1, 0.15) is 31.1 Å². The second-order valence-corrected chi connectivity index (χ2v) is 6.29. The maximum Gasteiger partial charge on any atom is 0.229 e. The lowest BCUT2D eigenvalue weighted by atomic mass is 10.2. The van der Waals surface area contributed by atoms with Gasteiger partial charge in [0.05, 0.1) is 23.0 Å². The average Bonchev–Trinajstić information content (AvgIpc) is 3.13. The SMILES string of the molecule is CCCC(=O)N(Cc1ccco1)c1nc2ccc(C)cc2s1. The van der Waals surface area contributed by atoms with Crippen molar-refractivity contribution in [3.63, 3.8) is 0 Å². The quantitative estimate of drug-likeness (QED) is 0.695. The minimum Gasteiger partial charge on any atom is -0.467 e. The maximum absolute atomic E-state index is 12.5. The molecule has 2 heterocycles. The van der Waals surface area contributed by atoms with Crippen LogP contribution in [-0.2, 0) is 11.3 Å². The zero-order valence-electron chi connectivity index (χ0n) is 12.7. The van der Waals surface area contributed by atoms with Crippen molar-refractivity contribution in [2.24, 2.45) is 0 Å². The van der Waals surface area contributed by atoms with Gasteiger partial charge in [0, 0.05) is 6.42 Å². The highest BCUT2D eigenvalue weighted by atomic mass is 32.1. The van der Waals surface area contributed by atoms with Crippen LogP contribution >= 0.6 is 11.3 Å². The molecular weight excluding hydrogens is 296 g/mol. The van der Waals surface area contributed by atoms with Gasteiger partial charge in [-0.15, -0.1) is 0 Å². The van der Waals surface area contributed by atoms with Gasteiger partial charge < -0.3 is 4.42 Å². The lowest BCUT2D eigenvalue weighted by molar-refractivity contribution is -0.118. The van der Waals surface area contributed by atoms with Gasteiger partial charge in [-0.3, -0.25) is 9.69 Å². The van der Waals surface area contributed by atoms with Crippen LogP contribution in [0.5, 0.6) is 0 Å². The maximum atomic E-state index is 12.5. The highest BCUT2D eigenvalue weighted by Gasteiger charge is 2.20. The predicted molar refractivity (Wildman–Crippen MR) is 89.2 cm³/mol. The Kier molecular flexibility index (Phi) is 4.24. The number of rotatable bonds is 5. The number of furan rings is 1. The number of nitrogens with zero attached hydrogens (tertiary/aromatic N) is 2. The fraction of sp³-hybridized carbons (Fsp3) is 0.294. The smallest absolute Gasteiger partial charge is 0.229 e. The standard InChI is InChI=1S/C17H18N2O2S/c1-3-5-16(20)19(11-13-6-4-9-21-13)17-18-14-8-7-12(2)10-15(14)22-17/h4,6-10H,3,5,11H2,1-2H3. The molecule has 0 aliphatic carbocycles. The van der Waals surface area contributed by atoms with Crippen molar-refractivity contribution in [3.05, 3.63) is 47.9 Å². The Balaban J connectivity index is 1.96. The molecule has 0 radical (unpaired) electrons. The van der Waals surface area contributed by atoms with Gasteiger partial charge in [0.15, 0.2) is 5.13 Å². The first-order valence-corrected chi connectivity index (χ1v) is 8.19. The third-order valence-corrected chi connectivity index (χ3v) is 4.46. The van der Waals surface area contributed by atoms with Gasteiger partial charge in [0.2, 0.25) is 5.91 Å². The lowest BCUT2D eigenvalue weighted by Crippen LogP contribution is -2.29. The van der Waals surface area contributed by atoms with Crippen LogP contribution < -0.4 is 4.90 Å². The summed E-state index contributed by atoms with van der Waals surface area (Å²) in [6.07, 6.45) is 2.95. The second kappa shape index (κ2) is 6.32. The highest BCUT2D eigenvalue weighted by molar-refractivity contribution is 7.22. The van der Waals surface area contributed by atoms with Crippen LogP contribution in [0, 0.1) is 6.92 Å². The van der Waals surface area contributed by atoms with Crippen molar-refractivity contribution in [1.29, 1.82) is 0 Å². The van der Waals surface area contributed by atoms with E-state index in [0.29, 0.717) is 13.0 Å². The summed E-state index contributed by atoms with van der Waals surface area (Å²) in [5.41, 5.74) is 2.12. The van der Waals surface area contributed by atoms with Gasteiger partial charge in [-0.2, -0.15) is 0 Å². The van der Waals surface area contributed by atoms with Gasteiger partial charge in [0.25, 0.3) is 0 Å². The van der Waals surface area contributed by atoms with E-state index in [0.717, 1.165) is 27.5 Å². The third-order valence-electron chi connectivity index (χ3n) is 3.42. The van der Waals surface area contributed by atoms with Crippen molar-refractivity contribution in [1.82, 2.24) is 4.98 Å². The summed E-state index contributed by atoms with van der Waals surface area (Å²) >= 11 is 1.55. The third kappa shape index (κ3) is 3.04.